The lowest BCUT2D eigenvalue weighted by molar-refractivity contribution is -0.140. The third kappa shape index (κ3) is 4.81. The third-order valence-electron chi connectivity index (χ3n) is 6.66. The molecule has 5 rings (SSSR count). The number of hydrogen-bond donors (Lipinski definition) is 0. The highest BCUT2D eigenvalue weighted by Gasteiger charge is 2.33. The van der Waals surface area contributed by atoms with Crippen LogP contribution in [0.5, 0.6) is 11.6 Å². The molecular formula is C27H31N3O3. The Morgan fingerprint density at radius 3 is 2.42 bits per heavy atom. The van der Waals surface area contributed by atoms with Gasteiger partial charge in [0.1, 0.15) is 11.4 Å². The summed E-state index contributed by atoms with van der Waals surface area (Å²) in [5, 5.41) is 4.82. The molecule has 1 aliphatic heterocycles. The molecule has 0 radical (unpaired) electrons. The second-order valence-electron chi connectivity index (χ2n) is 9.02. The summed E-state index contributed by atoms with van der Waals surface area (Å²) in [6, 6.07) is 19.9. The van der Waals surface area contributed by atoms with Gasteiger partial charge in [0, 0.05) is 31.7 Å². The molecule has 1 aliphatic carbocycles. The smallest absolute Gasteiger partial charge is 0.226 e. The number of nitrogens with zero attached hydrogens (tertiary/aromatic N) is 3. The summed E-state index contributed by atoms with van der Waals surface area (Å²) in [5.74, 6) is 1.77. The Hall–Kier alpha value is -3.12. The van der Waals surface area contributed by atoms with Crippen LogP contribution in [0.15, 0.2) is 60.7 Å². The van der Waals surface area contributed by atoms with E-state index in [2.05, 4.69) is 12.1 Å². The molecule has 2 fully saturated rings. The van der Waals surface area contributed by atoms with E-state index in [1.54, 1.807) is 4.68 Å². The molecule has 1 saturated heterocycles. The monoisotopic (exact) mass is 445 g/mol. The minimum absolute atomic E-state index is 0.101. The summed E-state index contributed by atoms with van der Waals surface area (Å²) in [5.41, 5.74) is 2.79. The van der Waals surface area contributed by atoms with Crippen molar-refractivity contribution >= 4 is 5.91 Å². The molecule has 2 aromatic carbocycles. The molecule has 172 valence electrons. The second-order valence-corrected chi connectivity index (χ2v) is 9.02. The molecule has 3 aromatic rings. The topological polar surface area (TPSA) is 56.6 Å². The van der Waals surface area contributed by atoms with Gasteiger partial charge < -0.3 is 14.4 Å². The van der Waals surface area contributed by atoms with Crippen molar-refractivity contribution in [1.29, 1.82) is 0 Å². The zero-order chi connectivity index (χ0) is 22.6. The molecule has 33 heavy (non-hydrogen) atoms. The number of para-hydroxylation sites is 1. The highest BCUT2D eigenvalue weighted by atomic mass is 16.5. The fourth-order valence-electron chi connectivity index (χ4n) is 4.62. The van der Waals surface area contributed by atoms with E-state index in [1.807, 2.05) is 60.5 Å². The van der Waals surface area contributed by atoms with E-state index in [-0.39, 0.29) is 17.9 Å². The van der Waals surface area contributed by atoms with Gasteiger partial charge in [0.05, 0.1) is 18.2 Å². The number of carbonyl (C=O) groups is 1. The van der Waals surface area contributed by atoms with Crippen molar-refractivity contribution in [3.8, 4) is 22.9 Å². The predicted octanol–water partition coefficient (Wildman–Crippen LogP) is 5.19. The Labute approximate surface area is 195 Å². The van der Waals surface area contributed by atoms with Gasteiger partial charge in [-0.15, -0.1) is 0 Å². The number of hydrogen-bond acceptors (Lipinski definition) is 4. The average molecular weight is 446 g/mol. The van der Waals surface area contributed by atoms with E-state index >= 15 is 0 Å². The van der Waals surface area contributed by atoms with Crippen LogP contribution in [0.2, 0.25) is 0 Å². The highest BCUT2D eigenvalue weighted by Crippen LogP contribution is 2.36. The van der Waals surface area contributed by atoms with Gasteiger partial charge in [-0.3, -0.25) is 4.79 Å². The van der Waals surface area contributed by atoms with Crippen molar-refractivity contribution in [2.75, 3.05) is 13.2 Å². The zero-order valence-electron chi connectivity index (χ0n) is 19.2. The number of rotatable bonds is 8. The SMILES string of the molecule is Cn1nc(-c2ccccc2)c(CN(C[C@@H]2CCCO2)C(=O)C2CCC2)c1Oc1ccccc1. The van der Waals surface area contributed by atoms with Crippen LogP contribution in [-0.2, 0) is 23.1 Å². The Morgan fingerprint density at radius 1 is 1.06 bits per heavy atom. The Morgan fingerprint density at radius 2 is 1.79 bits per heavy atom. The normalized spacial score (nSPS) is 18.2. The van der Waals surface area contributed by atoms with Crippen molar-refractivity contribution in [2.45, 2.75) is 44.8 Å². The van der Waals surface area contributed by atoms with Gasteiger partial charge in [-0.25, -0.2) is 4.68 Å². The Kier molecular flexibility index (Phi) is 6.44. The summed E-state index contributed by atoms with van der Waals surface area (Å²) >= 11 is 0. The average Bonchev–Trinajstić information content (AvgIpc) is 3.42. The van der Waals surface area contributed by atoms with Crippen molar-refractivity contribution in [2.24, 2.45) is 13.0 Å². The maximum Gasteiger partial charge on any atom is 0.226 e. The molecule has 2 heterocycles. The summed E-state index contributed by atoms with van der Waals surface area (Å²) in [7, 11) is 1.90. The summed E-state index contributed by atoms with van der Waals surface area (Å²) in [4.78, 5) is 15.4. The zero-order valence-corrected chi connectivity index (χ0v) is 19.2. The first-order valence-corrected chi connectivity index (χ1v) is 11.9. The first kappa shape index (κ1) is 21.7. The molecule has 6 heteroatoms. The van der Waals surface area contributed by atoms with E-state index < -0.39 is 0 Å². The Bertz CT molecular complexity index is 1070. The van der Waals surface area contributed by atoms with Crippen LogP contribution in [0.1, 0.15) is 37.7 Å². The number of benzene rings is 2. The number of ether oxygens (including phenoxy) is 2. The summed E-state index contributed by atoms with van der Waals surface area (Å²) in [6.45, 7) is 1.85. The predicted molar refractivity (Wildman–Crippen MR) is 127 cm³/mol. The molecule has 0 unspecified atom stereocenters. The lowest BCUT2D eigenvalue weighted by Gasteiger charge is -2.33. The molecule has 1 atom stereocenters. The van der Waals surface area contributed by atoms with Crippen LogP contribution in [-0.4, -0.2) is 39.8 Å². The fourth-order valence-corrected chi connectivity index (χ4v) is 4.62. The first-order chi connectivity index (χ1) is 16.2. The van der Waals surface area contributed by atoms with Crippen LogP contribution in [0.3, 0.4) is 0 Å². The summed E-state index contributed by atoms with van der Waals surface area (Å²) < 4.78 is 14.0. The van der Waals surface area contributed by atoms with Gasteiger partial charge in [0.2, 0.25) is 11.8 Å². The highest BCUT2D eigenvalue weighted by molar-refractivity contribution is 5.80. The van der Waals surface area contributed by atoms with E-state index in [1.165, 1.54) is 0 Å². The maximum absolute atomic E-state index is 13.4. The van der Waals surface area contributed by atoms with E-state index in [4.69, 9.17) is 14.6 Å². The van der Waals surface area contributed by atoms with Gasteiger partial charge >= 0.3 is 0 Å². The van der Waals surface area contributed by atoms with Crippen LogP contribution >= 0.6 is 0 Å². The van der Waals surface area contributed by atoms with Crippen molar-refractivity contribution in [3.63, 3.8) is 0 Å². The Balaban J connectivity index is 1.52. The van der Waals surface area contributed by atoms with Crippen molar-refractivity contribution in [3.05, 3.63) is 66.2 Å². The quantitative estimate of drug-likeness (QED) is 0.479. The minimum atomic E-state index is 0.101. The summed E-state index contributed by atoms with van der Waals surface area (Å²) in [6.07, 6.45) is 5.25. The number of aromatic nitrogens is 2. The van der Waals surface area contributed by atoms with E-state index in [9.17, 15) is 4.79 Å². The molecule has 1 aromatic heterocycles. The molecule has 6 nitrogen and oxygen atoms in total. The molecule has 0 spiro atoms. The standard InChI is InChI=1S/C27H31N3O3/c1-29-27(33-22-14-6-3-7-15-22)24(25(28-29)20-10-4-2-5-11-20)19-30(18-23-16-9-17-32-23)26(31)21-12-8-13-21/h2-7,10-11,14-15,21,23H,8-9,12-13,16-19H2,1H3/t23-/m0/s1. The van der Waals surface area contributed by atoms with Gasteiger partial charge in [-0.05, 0) is 37.8 Å². The molecule has 0 N–H and O–H groups in total. The molecule has 0 bridgehead atoms. The lowest BCUT2D eigenvalue weighted by Crippen LogP contribution is -2.42. The first-order valence-electron chi connectivity index (χ1n) is 11.9. The van der Waals surface area contributed by atoms with Crippen molar-refractivity contribution < 1.29 is 14.3 Å². The number of carbonyl (C=O) groups excluding carboxylic acids is 1. The fraction of sp³-hybridized carbons (Fsp3) is 0.407. The second kappa shape index (κ2) is 9.79. The molecular weight excluding hydrogens is 414 g/mol. The maximum atomic E-state index is 13.4. The van der Waals surface area contributed by atoms with Gasteiger partial charge in [-0.2, -0.15) is 5.10 Å². The molecule has 2 aliphatic rings. The molecule has 1 saturated carbocycles. The van der Waals surface area contributed by atoms with Gasteiger partial charge in [-0.1, -0.05) is 55.0 Å². The lowest BCUT2D eigenvalue weighted by atomic mass is 9.84. The van der Waals surface area contributed by atoms with Crippen molar-refractivity contribution in [1.82, 2.24) is 14.7 Å². The number of amides is 1. The minimum Gasteiger partial charge on any atom is -0.439 e. The van der Waals surface area contributed by atoms with Crippen LogP contribution in [0.4, 0.5) is 0 Å². The third-order valence-corrected chi connectivity index (χ3v) is 6.66. The van der Waals surface area contributed by atoms with Crippen LogP contribution in [0, 0.1) is 5.92 Å². The largest absolute Gasteiger partial charge is 0.439 e. The van der Waals surface area contributed by atoms with E-state index in [0.29, 0.717) is 19.0 Å². The van der Waals surface area contributed by atoms with Crippen LogP contribution in [0.25, 0.3) is 11.3 Å². The van der Waals surface area contributed by atoms with Crippen LogP contribution < -0.4 is 4.74 Å². The van der Waals surface area contributed by atoms with Gasteiger partial charge in [0.15, 0.2) is 0 Å². The number of aryl methyl sites for hydroxylation is 1. The van der Waals surface area contributed by atoms with Gasteiger partial charge in [0.25, 0.3) is 0 Å². The van der Waals surface area contributed by atoms with E-state index in [0.717, 1.165) is 61.3 Å². The molecule has 1 amide bonds.